The molecule has 0 spiro atoms. The molecule has 0 aliphatic heterocycles. The summed E-state index contributed by atoms with van der Waals surface area (Å²) < 4.78 is 0. The quantitative estimate of drug-likeness (QED) is 0.619. The zero-order valence-corrected chi connectivity index (χ0v) is 13.6. The van der Waals surface area contributed by atoms with Crippen LogP contribution in [0.4, 0.5) is 0 Å². The lowest BCUT2D eigenvalue weighted by molar-refractivity contribution is 0.790. The van der Waals surface area contributed by atoms with Crippen LogP contribution in [0.15, 0.2) is 36.4 Å². The Morgan fingerprint density at radius 1 is 0.700 bits per heavy atom. The van der Waals surface area contributed by atoms with Crippen LogP contribution in [0, 0.1) is 13.8 Å². The van der Waals surface area contributed by atoms with Crippen LogP contribution in [0.1, 0.15) is 61.8 Å². The van der Waals surface area contributed by atoms with Gasteiger partial charge in [-0.2, -0.15) is 0 Å². The Labute approximate surface area is 123 Å². The van der Waals surface area contributed by atoms with Gasteiger partial charge in [-0.3, -0.25) is 0 Å². The van der Waals surface area contributed by atoms with Crippen LogP contribution < -0.4 is 0 Å². The van der Waals surface area contributed by atoms with Crippen molar-refractivity contribution in [3.05, 3.63) is 58.7 Å². The average molecular weight is 266 g/mol. The summed E-state index contributed by atoms with van der Waals surface area (Å²) in [6.45, 7) is 13.5. The highest BCUT2D eigenvalue weighted by Crippen LogP contribution is 2.32. The first kappa shape index (κ1) is 14.8. The maximum atomic E-state index is 2.39. The van der Waals surface area contributed by atoms with Gasteiger partial charge in [-0.05, 0) is 53.5 Å². The van der Waals surface area contributed by atoms with E-state index < -0.39 is 0 Å². The lowest BCUT2D eigenvalue weighted by Gasteiger charge is -2.18. The van der Waals surface area contributed by atoms with Crippen molar-refractivity contribution in [2.75, 3.05) is 0 Å². The molecule has 0 saturated heterocycles. The number of rotatable bonds is 3. The molecule has 0 N–H and O–H groups in total. The third-order valence-electron chi connectivity index (χ3n) is 4.02. The first-order valence-corrected chi connectivity index (χ1v) is 7.61. The molecule has 0 nitrogen and oxygen atoms in total. The van der Waals surface area contributed by atoms with Crippen molar-refractivity contribution in [1.29, 1.82) is 0 Å². The van der Waals surface area contributed by atoms with Crippen LogP contribution in [0.3, 0.4) is 0 Å². The minimum atomic E-state index is 0.568. The van der Waals surface area contributed by atoms with Crippen molar-refractivity contribution >= 4 is 0 Å². The minimum absolute atomic E-state index is 0.568. The molecule has 2 aromatic carbocycles. The molecule has 2 rings (SSSR count). The highest BCUT2D eigenvalue weighted by atomic mass is 14.2. The van der Waals surface area contributed by atoms with Crippen LogP contribution in [-0.2, 0) is 0 Å². The van der Waals surface area contributed by atoms with Gasteiger partial charge in [0.05, 0.1) is 0 Å². The Morgan fingerprint density at radius 2 is 1.35 bits per heavy atom. The normalized spacial score (nSPS) is 11.4. The summed E-state index contributed by atoms with van der Waals surface area (Å²) in [5.74, 6) is 1.15. The SMILES string of the molecule is Cc1ccc(-c2ccc(C(C)C)c(C(C)C)c2)c(C)c1. The summed E-state index contributed by atoms with van der Waals surface area (Å²) in [6, 6.07) is 13.7. The number of hydrogen-bond donors (Lipinski definition) is 0. The molecule has 0 radical (unpaired) electrons. The third-order valence-corrected chi connectivity index (χ3v) is 4.02. The molecule has 0 aromatic heterocycles. The monoisotopic (exact) mass is 266 g/mol. The van der Waals surface area contributed by atoms with Gasteiger partial charge in [0.1, 0.15) is 0 Å². The van der Waals surface area contributed by atoms with Crippen molar-refractivity contribution in [1.82, 2.24) is 0 Å². The second-order valence-electron chi connectivity index (χ2n) is 6.47. The highest BCUT2D eigenvalue weighted by Gasteiger charge is 2.12. The molecule has 0 aliphatic rings. The molecule has 2 aromatic rings. The lowest BCUT2D eigenvalue weighted by Crippen LogP contribution is -1.99. The maximum Gasteiger partial charge on any atom is -0.0154 e. The van der Waals surface area contributed by atoms with Gasteiger partial charge < -0.3 is 0 Å². The van der Waals surface area contributed by atoms with Crippen molar-refractivity contribution in [3.8, 4) is 11.1 Å². The topological polar surface area (TPSA) is 0 Å². The molecule has 0 fully saturated rings. The van der Waals surface area contributed by atoms with Crippen LogP contribution >= 0.6 is 0 Å². The van der Waals surface area contributed by atoms with Crippen LogP contribution in [0.25, 0.3) is 11.1 Å². The molecular formula is C20H26. The Kier molecular flexibility index (Phi) is 4.32. The van der Waals surface area contributed by atoms with E-state index in [1.807, 2.05) is 0 Å². The van der Waals surface area contributed by atoms with Crippen LogP contribution in [0.5, 0.6) is 0 Å². The average Bonchev–Trinajstić information content (AvgIpc) is 2.37. The summed E-state index contributed by atoms with van der Waals surface area (Å²) in [4.78, 5) is 0. The van der Waals surface area contributed by atoms with E-state index in [4.69, 9.17) is 0 Å². The first-order valence-electron chi connectivity index (χ1n) is 7.61. The molecule has 0 aliphatic carbocycles. The highest BCUT2D eigenvalue weighted by molar-refractivity contribution is 5.69. The predicted octanol–water partition coefficient (Wildman–Crippen LogP) is 6.22. The third kappa shape index (κ3) is 2.95. The van der Waals surface area contributed by atoms with E-state index in [2.05, 4.69) is 77.9 Å². The first-order chi connectivity index (χ1) is 9.40. The maximum absolute atomic E-state index is 2.39. The van der Waals surface area contributed by atoms with Crippen molar-refractivity contribution < 1.29 is 0 Å². The van der Waals surface area contributed by atoms with Gasteiger partial charge in [0, 0.05) is 0 Å². The van der Waals surface area contributed by atoms with Gasteiger partial charge in [-0.15, -0.1) is 0 Å². The van der Waals surface area contributed by atoms with E-state index >= 15 is 0 Å². The fourth-order valence-electron chi connectivity index (χ4n) is 2.91. The van der Waals surface area contributed by atoms with E-state index in [0.29, 0.717) is 11.8 Å². The second-order valence-corrected chi connectivity index (χ2v) is 6.47. The van der Waals surface area contributed by atoms with E-state index in [9.17, 15) is 0 Å². The summed E-state index contributed by atoms with van der Waals surface area (Å²) >= 11 is 0. The van der Waals surface area contributed by atoms with E-state index in [1.54, 1.807) is 0 Å². The Hall–Kier alpha value is -1.56. The van der Waals surface area contributed by atoms with E-state index in [0.717, 1.165) is 0 Å². The zero-order chi connectivity index (χ0) is 14.9. The summed E-state index contributed by atoms with van der Waals surface area (Å²) in [5, 5.41) is 0. The second kappa shape index (κ2) is 5.83. The molecule has 0 atom stereocenters. The van der Waals surface area contributed by atoms with Crippen LogP contribution in [-0.4, -0.2) is 0 Å². The van der Waals surface area contributed by atoms with Gasteiger partial charge >= 0.3 is 0 Å². The zero-order valence-electron chi connectivity index (χ0n) is 13.6. The fraction of sp³-hybridized carbons (Fsp3) is 0.400. The Bertz CT molecular complexity index is 603. The molecule has 20 heavy (non-hydrogen) atoms. The summed E-state index contributed by atoms with van der Waals surface area (Å²) in [6.07, 6.45) is 0. The molecule has 0 amide bonds. The van der Waals surface area contributed by atoms with Gasteiger partial charge in [-0.1, -0.05) is 69.7 Å². The molecular weight excluding hydrogens is 240 g/mol. The van der Waals surface area contributed by atoms with Gasteiger partial charge in [0.2, 0.25) is 0 Å². The van der Waals surface area contributed by atoms with Crippen molar-refractivity contribution in [2.24, 2.45) is 0 Å². The van der Waals surface area contributed by atoms with Crippen molar-refractivity contribution in [3.63, 3.8) is 0 Å². The standard InChI is InChI=1S/C20H26/c1-13(2)18-10-8-17(12-20(18)14(3)4)19-9-7-15(5)11-16(19)6/h7-14H,1-6H3. The van der Waals surface area contributed by atoms with Gasteiger partial charge in [-0.25, -0.2) is 0 Å². The van der Waals surface area contributed by atoms with Gasteiger partial charge in [0.25, 0.3) is 0 Å². The number of aryl methyl sites for hydroxylation is 2. The number of benzene rings is 2. The Morgan fingerprint density at radius 3 is 1.90 bits per heavy atom. The molecule has 0 saturated carbocycles. The van der Waals surface area contributed by atoms with Crippen LogP contribution in [0.2, 0.25) is 0 Å². The lowest BCUT2D eigenvalue weighted by atomic mass is 9.87. The predicted molar refractivity (Wildman–Crippen MR) is 89.5 cm³/mol. The molecule has 106 valence electrons. The molecule has 0 unspecified atom stereocenters. The van der Waals surface area contributed by atoms with E-state index in [-0.39, 0.29) is 0 Å². The number of hydrogen-bond acceptors (Lipinski definition) is 0. The molecule has 0 heterocycles. The van der Waals surface area contributed by atoms with Gasteiger partial charge in [0.15, 0.2) is 0 Å². The minimum Gasteiger partial charge on any atom is -0.0587 e. The Balaban J connectivity index is 2.56. The van der Waals surface area contributed by atoms with Crippen molar-refractivity contribution in [2.45, 2.75) is 53.4 Å². The largest absolute Gasteiger partial charge is 0.0587 e. The molecule has 0 bridgehead atoms. The van der Waals surface area contributed by atoms with E-state index in [1.165, 1.54) is 33.4 Å². The summed E-state index contributed by atoms with van der Waals surface area (Å²) in [5.41, 5.74) is 8.35. The molecule has 0 heteroatoms. The summed E-state index contributed by atoms with van der Waals surface area (Å²) in [7, 11) is 0. The smallest absolute Gasteiger partial charge is 0.0154 e. The fourth-order valence-corrected chi connectivity index (χ4v) is 2.91.